The van der Waals surface area contributed by atoms with Crippen molar-refractivity contribution < 1.29 is 0 Å². The monoisotopic (exact) mass is 219 g/mol. The van der Waals surface area contributed by atoms with Gasteiger partial charge < -0.3 is 0 Å². The van der Waals surface area contributed by atoms with Crippen molar-refractivity contribution in [2.45, 2.75) is 33.9 Å². The Morgan fingerprint density at radius 1 is 1.20 bits per heavy atom. The molecule has 0 radical (unpaired) electrons. The van der Waals surface area contributed by atoms with Crippen LogP contribution >= 0.6 is 0 Å². The normalized spacial score (nSPS) is 13.4. The van der Waals surface area contributed by atoms with E-state index in [9.17, 15) is 0 Å². The fourth-order valence-corrected chi connectivity index (χ4v) is 3.31. The van der Waals surface area contributed by atoms with E-state index in [0.29, 0.717) is 0 Å². The van der Waals surface area contributed by atoms with Crippen molar-refractivity contribution in [3.8, 4) is 0 Å². The van der Waals surface area contributed by atoms with Crippen LogP contribution in [0.4, 0.5) is 0 Å². The Morgan fingerprint density at radius 2 is 1.87 bits per heavy atom. The van der Waals surface area contributed by atoms with Gasteiger partial charge in [0.15, 0.2) is 0 Å². The molecule has 0 aliphatic carbocycles. The van der Waals surface area contributed by atoms with E-state index in [1.165, 1.54) is 5.32 Å². The van der Waals surface area contributed by atoms with Gasteiger partial charge in [-0.05, 0) is 17.5 Å². The van der Waals surface area contributed by atoms with Gasteiger partial charge in [0.2, 0.25) is 0 Å². The van der Waals surface area contributed by atoms with Crippen molar-refractivity contribution in [3.63, 3.8) is 0 Å². The maximum Gasteiger partial charge on any atom is 0.127 e. The molecular formula is C13H21NSi. The third-order valence-corrected chi connectivity index (χ3v) is 4.94. The number of hydrogen-bond donors (Lipinski definition) is 0. The van der Waals surface area contributed by atoms with E-state index >= 15 is 0 Å². The Labute approximate surface area is 94.3 Å². The molecule has 0 amide bonds. The molecule has 0 spiro atoms. The topological polar surface area (TPSA) is 12.9 Å². The molecule has 0 aliphatic rings. The molecule has 0 unspecified atom stereocenters. The molecule has 0 atom stereocenters. The van der Waals surface area contributed by atoms with Crippen molar-refractivity contribution in [1.82, 2.24) is 4.98 Å². The van der Waals surface area contributed by atoms with Crippen LogP contribution < -0.4 is 5.32 Å². The summed E-state index contributed by atoms with van der Waals surface area (Å²) in [6, 6.07) is 6.18. The zero-order valence-corrected chi connectivity index (χ0v) is 11.4. The molecule has 0 saturated carbocycles. The molecule has 0 saturated heterocycles. The van der Waals surface area contributed by atoms with Gasteiger partial charge in [0.05, 0.1) is 0 Å². The molecule has 1 nitrogen and oxygen atoms in total. The third-order valence-electron chi connectivity index (χ3n) is 2.33. The lowest BCUT2D eigenvalue weighted by molar-refractivity contribution is 0.545. The van der Waals surface area contributed by atoms with Gasteiger partial charge >= 0.3 is 0 Å². The molecule has 1 rings (SSSR count). The SMILES string of the molecule is CC(C)(C)C=C[Si](C)(C)c1ccccn1. The van der Waals surface area contributed by atoms with Crippen LogP contribution in [0.1, 0.15) is 20.8 Å². The Balaban J connectivity index is 2.90. The van der Waals surface area contributed by atoms with Gasteiger partial charge in [0, 0.05) is 11.5 Å². The van der Waals surface area contributed by atoms with E-state index in [4.69, 9.17) is 0 Å². The molecule has 0 fully saturated rings. The van der Waals surface area contributed by atoms with Crippen molar-refractivity contribution >= 4 is 13.4 Å². The van der Waals surface area contributed by atoms with Crippen LogP contribution in [0.25, 0.3) is 0 Å². The minimum Gasteiger partial charge on any atom is -0.266 e. The predicted octanol–water partition coefficient (Wildman–Crippen LogP) is 3.14. The number of hydrogen-bond acceptors (Lipinski definition) is 1. The van der Waals surface area contributed by atoms with Crippen LogP contribution in [-0.4, -0.2) is 13.1 Å². The smallest absolute Gasteiger partial charge is 0.127 e. The Morgan fingerprint density at radius 3 is 2.33 bits per heavy atom. The van der Waals surface area contributed by atoms with Crippen molar-refractivity contribution in [2.75, 3.05) is 0 Å². The maximum atomic E-state index is 4.46. The summed E-state index contributed by atoms with van der Waals surface area (Å²) in [7, 11) is -1.48. The summed E-state index contributed by atoms with van der Waals surface area (Å²) in [6.07, 6.45) is 4.20. The number of aromatic nitrogens is 1. The van der Waals surface area contributed by atoms with Crippen molar-refractivity contribution in [1.29, 1.82) is 0 Å². The zero-order valence-electron chi connectivity index (χ0n) is 10.4. The highest BCUT2D eigenvalue weighted by Crippen LogP contribution is 2.16. The molecule has 82 valence electrons. The van der Waals surface area contributed by atoms with E-state index in [2.05, 4.69) is 62.8 Å². The Hall–Kier alpha value is -0.893. The standard InChI is InChI=1S/C13H21NSi/c1-13(2,3)9-11-15(4,5)12-8-6-7-10-14-12/h6-11H,1-5H3. The second-order valence-corrected chi connectivity index (χ2v) is 9.93. The first-order valence-electron chi connectivity index (χ1n) is 5.43. The average Bonchev–Trinajstić information content (AvgIpc) is 2.16. The molecule has 1 aromatic heterocycles. The number of allylic oxidation sites excluding steroid dienone is 1. The summed E-state index contributed by atoms with van der Waals surface area (Å²) in [5.74, 6) is 0. The van der Waals surface area contributed by atoms with Crippen LogP contribution in [-0.2, 0) is 0 Å². The largest absolute Gasteiger partial charge is 0.266 e. The van der Waals surface area contributed by atoms with E-state index < -0.39 is 8.07 Å². The summed E-state index contributed by atoms with van der Waals surface area (Å²) in [4.78, 5) is 4.46. The number of rotatable bonds is 2. The third kappa shape index (κ3) is 4.00. The minimum atomic E-state index is -1.48. The molecule has 0 aromatic carbocycles. The van der Waals surface area contributed by atoms with Gasteiger partial charge in [-0.1, -0.05) is 51.7 Å². The lowest BCUT2D eigenvalue weighted by Crippen LogP contribution is -2.41. The number of nitrogens with zero attached hydrogens (tertiary/aromatic N) is 1. The van der Waals surface area contributed by atoms with Crippen molar-refractivity contribution in [3.05, 3.63) is 36.2 Å². The molecule has 2 heteroatoms. The van der Waals surface area contributed by atoms with Gasteiger partial charge in [-0.3, -0.25) is 4.98 Å². The lowest BCUT2D eigenvalue weighted by atomic mass is 9.98. The van der Waals surface area contributed by atoms with Crippen LogP contribution in [0.3, 0.4) is 0 Å². The molecule has 1 aromatic rings. The highest BCUT2D eigenvalue weighted by Gasteiger charge is 2.22. The van der Waals surface area contributed by atoms with Crippen molar-refractivity contribution in [2.24, 2.45) is 5.41 Å². The van der Waals surface area contributed by atoms with Gasteiger partial charge in [0.25, 0.3) is 0 Å². The first kappa shape index (κ1) is 12.2. The zero-order chi connectivity index (χ0) is 11.5. The summed E-state index contributed by atoms with van der Waals surface area (Å²) in [5, 5.41) is 1.26. The van der Waals surface area contributed by atoms with E-state index in [1.807, 2.05) is 12.3 Å². The van der Waals surface area contributed by atoms with Crippen LogP contribution in [0.2, 0.25) is 13.1 Å². The van der Waals surface area contributed by atoms with Gasteiger partial charge in [0.1, 0.15) is 8.07 Å². The Kier molecular flexibility index (Phi) is 3.50. The molecule has 0 aliphatic heterocycles. The maximum absolute atomic E-state index is 4.46. The first-order valence-corrected chi connectivity index (χ1v) is 8.51. The highest BCUT2D eigenvalue weighted by molar-refractivity contribution is 6.93. The molecule has 1 heterocycles. The van der Waals surface area contributed by atoms with Crippen LogP contribution in [0.15, 0.2) is 36.2 Å². The Bertz CT molecular complexity index is 333. The molecular weight excluding hydrogens is 198 g/mol. The van der Waals surface area contributed by atoms with E-state index in [0.717, 1.165) is 0 Å². The fraction of sp³-hybridized carbons (Fsp3) is 0.462. The highest BCUT2D eigenvalue weighted by atomic mass is 28.3. The fourth-order valence-electron chi connectivity index (χ4n) is 1.29. The molecule has 0 N–H and O–H groups in total. The average molecular weight is 219 g/mol. The number of pyridine rings is 1. The molecule has 0 bridgehead atoms. The lowest BCUT2D eigenvalue weighted by Gasteiger charge is -2.20. The van der Waals surface area contributed by atoms with Crippen LogP contribution in [0.5, 0.6) is 0 Å². The summed E-state index contributed by atoms with van der Waals surface area (Å²) < 4.78 is 0. The van der Waals surface area contributed by atoms with Gasteiger partial charge in [-0.2, -0.15) is 0 Å². The second-order valence-electron chi connectivity index (χ2n) is 5.64. The summed E-state index contributed by atoms with van der Waals surface area (Å²) in [6.45, 7) is 11.3. The predicted molar refractivity (Wildman–Crippen MR) is 69.9 cm³/mol. The van der Waals surface area contributed by atoms with Crippen LogP contribution in [0, 0.1) is 5.41 Å². The first-order chi connectivity index (χ1) is 6.81. The van der Waals surface area contributed by atoms with E-state index in [1.54, 1.807) is 0 Å². The summed E-state index contributed by atoms with van der Waals surface area (Å²) >= 11 is 0. The van der Waals surface area contributed by atoms with Gasteiger partial charge in [-0.15, -0.1) is 0 Å². The minimum absolute atomic E-state index is 0.263. The quantitative estimate of drug-likeness (QED) is 0.696. The second kappa shape index (κ2) is 4.31. The molecule has 15 heavy (non-hydrogen) atoms. The summed E-state index contributed by atoms with van der Waals surface area (Å²) in [5.41, 5.74) is 2.65. The van der Waals surface area contributed by atoms with Gasteiger partial charge in [-0.25, -0.2) is 0 Å². The van der Waals surface area contributed by atoms with E-state index in [-0.39, 0.29) is 5.41 Å².